The van der Waals surface area contributed by atoms with Crippen molar-refractivity contribution in [2.75, 3.05) is 13.2 Å². The number of thiophene rings is 1. The number of hydrogen-bond acceptors (Lipinski definition) is 4. The molecule has 0 fully saturated rings. The van der Waals surface area contributed by atoms with E-state index in [0.29, 0.717) is 4.88 Å². The summed E-state index contributed by atoms with van der Waals surface area (Å²) < 4.78 is 0. The third-order valence-electron chi connectivity index (χ3n) is 2.75. The number of amides is 1. The molecule has 0 unspecified atom stereocenters. The van der Waals surface area contributed by atoms with Crippen molar-refractivity contribution in [3.05, 3.63) is 21.4 Å². The van der Waals surface area contributed by atoms with E-state index in [1.807, 2.05) is 6.07 Å². The highest BCUT2D eigenvalue weighted by Gasteiger charge is 2.19. The van der Waals surface area contributed by atoms with E-state index in [0.717, 1.165) is 12.8 Å². The zero-order valence-electron chi connectivity index (χ0n) is 8.90. The molecule has 0 saturated heterocycles. The Hall–Kier alpha value is -0.910. The number of carbonyl (C=O) groups is 1. The minimum atomic E-state index is -0.565. The van der Waals surface area contributed by atoms with Crippen LogP contribution in [0.15, 0.2) is 6.07 Å². The lowest BCUT2D eigenvalue weighted by Gasteiger charge is -2.12. The fourth-order valence-electron chi connectivity index (χ4n) is 1.85. The third kappa shape index (κ3) is 2.26. The molecule has 1 aromatic heterocycles. The molecule has 1 amide bonds. The van der Waals surface area contributed by atoms with Crippen LogP contribution in [-0.4, -0.2) is 35.4 Å². The van der Waals surface area contributed by atoms with Gasteiger partial charge in [-0.3, -0.25) is 4.79 Å². The van der Waals surface area contributed by atoms with Crippen LogP contribution in [0.1, 0.15) is 26.5 Å². The summed E-state index contributed by atoms with van der Waals surface area (Å²) in [5.41, 5.74) is 1.28. The highest BCUT2D eigenvalue weighted by molar-refractivity contribution is 7.14. The predicted molar refractivity (Wildman–Crippen MR) is 61.8 cm³/mol. The van der Waals surface area contributed by atoms with E-state index in [1.165, 1.54) is 28.2 Å². The Morgan fingerprint density at radius 1 is 1.44 bits per heavy atom. The Bertz CT molecular complexity index is 363. The van der Waals surface area contributed by atoms with Gasteiger partial charge in [0.1, 0.15) is 0 Å². The van der Waals surface area contributed by atoms with Gasteiger partial charge in [-0.1, -0.05) is 0 Å². The minimum absolute atomic E-state index is 0.201. The maximum Gasteiger partial charge on any atom is 0.261 e. The molecule has 0 radical (unpaired) electrons. The lowest BCUT2D eigenvalue weighted by Crippen LogP contribution is -2.39. The second-order valence-corrected chi connectivity index (χ2v) is 5.08. The van der Waals surface area contributed by atoms with Crippen LogP contribution in [0.4, 0.5) is 0 Å². The minimum Gasteiger partial charge on any atom is -0.394 e. The fraction of sp³-hybridized carbons (Fsp3) is 0.545. The van der Waals surface area contributed by atoms with E-state index in [4.69, 9.17) is 10.2 Å². The summed E-state index contributed by atoms with van der Waals surface area (Å²) >= 11 is 1.52. The van der Waals surface area contributed by atoms with Gasteiger partial charge >= 0.3 is 0 Å². The van der Waals surface area contributed by atoms with Crippen molar-refractivity contribution in [3.63, 3.8) is 0 Å². The van der Waals surface area contributed by atoms with Crippen LogP contribution in [0.3, 0.4) is 0 Å². The second kappa shape index (κ2) is 4.95. The van der Waals surface area contributed by atoms with Gasteiger partial charge in [0.15, 0.2) is 0 Å². The summed E-state index contributed by atoms with van der Waals surface area (Å²) in [6.45, 7) is -0.485. The van der Waals surface area contributed by atoms with Crippen molar-refractivity contribution in [2.45, 2.75) is 25.3 Å². The summed E-state index contributed by atoms with van der Waals surface area (Å²) in [5, 5.41) is 20.3. The van der Waals surface area contributed by atoms with E-state index in [1.54, 1.807) is 0 Å². The Balaban J connectivity index is 2.03. The van der Waals surface area contributed by atoms with Crippen molar-refractivity contribution in [1.29, 1.82) is 0 Å². The number of fused-ring (bicyclic) bond motifs is 1. The Labute approximate surface area is 97.9 Å². The standard InChI is InChI=1S/C11H15NO3S/c13-5-8(6-14)12-11(15)10-4-7-2-1-3-9(7)16-10/h4,8,13-14H,1-3,5-6H2,(H,12,15). The van der Waals surface area contributed by atoms with Gasteiger partial charge in [-0.2, -0.15) is 0 Å². The van der Waals surface area contributed by atoms with Crippen LogP contribution in [0.25, 0.3) is 0 Å². The molecule has 1 aromatic rings. The molecule has 0 saturated carbocycles. The highest BCUT2D eigenvalue weighted by Crippen LogP contribution is 2.30. The van der Waals surface area contributed by atoms with Crippen molar-refractivity contribution >= 4 is 17.2 Å². The SMILES string of the molecule is O=C(NC(CO)CO)c1cc2c(s1)CCC2. The maximum absolute atomic E-state index is 11.8. The fourth-order valence-corrected chi connectivity index (χ4v) is 3.00. The molecule has 0 atom stereocenters. The van der Waals surface area contributed by atoms with E-state index >= 15 is 0 Å². The van der Waals surface area contributed by atoms with E-state index < -0.39 is 6.04 Å². The smallest absolute Gasteiger partial charge is 0.261 e. The van der Waals surface area contributed by atoms with Gasteiger partial charge in [0.2, 0.25) is 0 Å². The van der Waals surface area contributed by atoms with Crippen LogP contribution in [0.5, 0.6) is 0 Å². The molecule has 0 aromatic carbocycles. The molecule has 88 valence electrons. The molecule has 3 N–H and O–H groups in total. The molecular weight excluding hydrogens is 226 g/mol. The number of aliphatic hydroxyl groups excluding tert-OH is 2. The summed E-state index contributed by atoms with van der Waals surface area (Å²) in [6, 6.07) is 1.36. The first-order chi connectivity index (χ1) is 7.74. The zero-order valence-corrected chi connectivity index (χ0v) is 9.72. The molecule has 4 nitrogen and oxygen atoms in total. The highest BCUT2D eigenvalue weighted by atomic mass is 32.1. The van der Waals surface area contributed by atoms with Crippen LogP contribution in [-0.2, 0) is 12.8 Å². The summed E-state index contributed by atoms with van der Waals surface area (Å²) in [4.78, 5) is 13.7. The van der Waals surface area contributed by atoms with Gasteiger partial charge in [0.25, 0.3) is 5.91 Å². The molecular formula is C11H15NO3S. The van der Waals surface area contributed by atoms with Crippen molar-refractivity contribution in [1.82, 2.24) is 5.32 Å². The van der Waals surface area contributed by atoms with Gasteiger partial charge in [-0.25, -0.2) is 0 Å². The van der Waals surface area contributed by atoms with E-state index in [-0.39, 0.29) is 19.1 Å². The number of hydrogen-bond donors (Lipinski definition) is 3. The topological polar surface area (TPSA) is 69.6 Å². The first kappa shape index (κ1) is 11.6. The normalized spacial score (nSPS) is 14.2. The molecule has 1 aliphatic carbocycles. The maximum atomic E-state index is 11.8. The first-order valence-electron chi connectivity index (χ1n) is 5.38. The number of aliphatic hydroxyl groups is 2. The quantitative estimate of drug-likeness (QED) is 0.711. The molecule has 1 aliphatic rings. The monoisotopic (exact) mass is 241 g/mol. The largest absolute Gasteiger partial charge is 0.394 e. The molecule has 0 spiro atoms. The van der Waals surface area contributed by atoms with Crippen LogP contribution in [0, 0.1) is 0 Å². The van der Waals surface area contributed by atoms with Crippen LogP contribution < -0.4 is 5.32 Å². The van der Waals surface area contributed by atoms with Gasteiger partial charge in [-0.05, 0) is 30.9 Å². The van der Waals surface area contributed by atoms with Crippen LogP contribution in [0.2, 0.25) is 0 Å². The van der Waals surface area contributed by atoms with Gasteiger partial charge in [-0.15, -0.1) is 11.3 Å². The molecule has 5 heteroatoms. The molecule has 16 heavy (non-hydrogen) atoms. The van der Waals surface area contributed by atoms with Crippen molar-refractivity contribution in [3.8, 4) is 0 Å². The van der Waals surface area contributed by atoms with Crippen molar-refractivity contribution < 1.29 is 15.0 Å². The zero-order chi connectivity index (χ0) is 11.5. The molecule has 2 rings (SSSR count). The van der Waals surface area contributed by atoms with E-state index in [2.05, 4.69) is 5.32 Å². The Kier molecular flexibility index (Phi) is 3.58. The number of rotatable bonds is 4. The lowest BCUT2D eigenvalue weighted by molar-refractivity contribution is 0.0883. The summed E-state index contributed by atoms with van der Waals surface area (Å²) in [6.07, 6.45) is 3.30. The Morgan fingerprint density at radius 3 is 2.81 bits per heavy atom. The number of aryl methyl sites for hydroxylation is 2. The third-order valence-corrected chi connectivity index (χ3v) is 3.98. The van der Waals surface area contributed by atoms with Crippen molar-refractivity contribution in [2.24, 2.45) is 0 Å². The lowest BCUT2D eigenvalue weighted by atomic mass is 10.2. The molecule has 0 aliphatic heterocycles. The number of carbonyl (C=O) groups excluding carboxylic acids is 1. The van der Waals surface area contributed by atoms with Crippen LogP contribution >= 0.6 is 11.3 Å². The summed E-state index contributed by atoms with van der Waals surface area (Å²) in [5.74, 6) is -0.201. The Morgan fingerprint density at radius 2 is 2.19 bits per heavy atom. The number of nitrogens with one attached hydrogen (secondary N) is 1. The van der Waals surface area contributed by atoms with Gasteiger partial charge in [0, 0.05) is 4.88 Å². The average molecular weight is 241 g/mol. The first-order valence-corrected chi connectivity index (χ1v) is 6.20. The van der Waals surface area contributed by atoms with Gasteiger partial charge < -0.3 is 15.5 Å². The summed E-state index contributed by atoms with van der Waals surface area (Å²) in [7, 11) is 0. The molecule has 0 bridgehead atoms. The van der Waals surface area contributed by atoms with E-state index in [9.17, 15) is 4.79 Å². The molecule has 1 heterocycles. The van der Waals surface area contributed by atoms with Gasteiger partial charge in [0.05, 0.1) is 24.1 Å². The second-order valence-electron chi connectivity index (χ2n) is 3.95. The predicted octanol–water partition coefficient (Wildman–Crippen LogP) is 0.320. The average Bonchev–Trinajstić information content (AvgIpc) is 2.85.